The Bertz CT molecular complexity index is 712. The molecule has 7 N–H and O–H groups in total. The summed E-state index contributed by atoms with van der Waals surface area (Å²) in [5.74, 6) is -7.69. The third-order valence-electron chi connectivity index (χ3n) is 4.81. The van der Waals surface area contributed by atoms with Crippen LogP contribution in [0.25, 0.3) is 0 Å². The molecule has 0 heterocycles. The normalized spacial score (nSPS) is 13.5. The Morgan fingerprint density at radius 3 is 1.79 bits per heavy atom. The van der Waals surface area contributed by atoms with Crippen molar-refractivity contribution in [3.05, 3.63) is 0 Å². The van der Waals surface area contributed by atoms with Gasteiger partial charge in [-0.15, -0.1) is 0 Å². The predicted molar refractivity (Wildman–Crippen MR) is 113 cm³/mol. The number of carboxylic acid groups (broad SMARTS) is 4. The molecule has 0 aliphatic rings. The van der Waals surface area contributed by atoms with Crippen LogP contribution in [-0.4, -0.2) is 85.7 Å². The molecule has 0 saturated heterocycles. The molecule has 0 radical (unpaired) electrons. The second-order valence-corrected chi connectivity index (χ2v) is 7.52. The summed E-state index contributed by atoms with van der Waals surface area (Å²) in [6.45, 7) is 2.25. The van der Waals surface area contributed by atoms with Crippen LogP contribution in [0.15, 0.2) is 0 Å². The number of carbonyl (C=O) groups is 6. The highest BCUT2D eigenvalue weighted by atomic mass is 16.4. The van der Waals surface area contributed by atoms with Crippen molar-refractivity contribution in [2.24, 2.45) is 5.73 Å². The van der Waals surface area contributed by atoms with E-state index in [1.54, 1.807) is 0 Å². The number of aliphatic carboxylic acids is 4. The van der Waals surface area contributed by atoms with Crippen molar-refractivity contribution in [3.63, 3.8) is 0 Å². The second-order valence-electron chi connectivity index (χ2n) is 7.52. The number of carbonyl (C=O) groups excluding carboxylic acids is 2. The Morgan fingerprint density at radius 1 is 0.788 bits per heavy atom. The topological polar surface area (TPSA) is 225 Å². The highest BCUT2D eigenvalue weighted by Crippen LogP contribution is 2.16. The quantitative estimate of drug-likeness (QED) is 0.142. The van der Waals surface area contributed by atoms with E-state index in [4.69, 9.17) is 21.1 Å². The summed E-state index contributed by atoms with van der Waals surface area (Å²) in [5, 5.41) is 39.2. The van der Waals surface area contributed by atoms with Crippen molar-refractivity contribution in [1.29, 1.82) is 0 Å². The van der Waals surface area contributed by atoms with Gasteiger partial charge in [-0.1, -0.05) is 19.8 Å². The van der Waals surface area contributed by atoms with Gasteiger partial charge in [0, 0.05) is 19.3 Å². The largest absolute Gasteiger partial charge is 0.481 e. The van der Waals surface area contributed by atoms with Crippen molar-refractivity contribution >= 4 is 35.7 Å². The molecule has 13 heteroatoms. The van der Waals surface area contributed by atoms with Crippen LogP contribution in [0.4, 0.5) is 0 Å². The van der Waals surface area contributed by atoms with Crippen LogP contribution in [0.5, 0.6) is 0 Å². The molecule has 0 rings (SSSR count). The smallest absolute Gasteiger partial charge is 0.326 e. The SMILES string of the molecule is CCCCCNC(CCC(=O)O)C(=O)N(C(=O)C(N)CCC(=O)O)C(CCC(=O)O)C(=O)O. The first-order chi connectivity index (χ1) is 15.4. The minimum Gasteiger partial charge on any atom is -0.481 e. The third-order valence-corrected chi connectivity index (χ3v) is 4.81. The molecule has 33 heavy (non-hydrogen) atoms. The molecule has 0 aromatic heterocycles. The molecular formula is C20H33N3O10. The maximum Gasteiger partial charge on any atom is 0.326 e. The second kappa shape index (κ2) is 15.7. The predicted octanol–water partition coefficient (Wildman–Crippen LogP) is -0.135. The van der Waals surface area contributed by atoms with Crippen LogP contribution in [0.2, 0.25) is 0 Å². The maximum atomic E-state index is 13.3. The van der Waals surface area contributed by atoms with E-state index in [-0.39, 0.29) is 12.8 Å². The fourth-order valence-corrected chi connectivity index (χ4v) is 3.02. The molecule has 0 spiro atoms. The van der Waals surface area contributed by atoms with E-state index in [1.807, 2.05) is 6.92 Å². The number of carboxylic acids is 4. The molecule has 0 aromatic rings. The summed E-state index contributed by atoms with van der Waals surface area (Å²) in [6, 6.07) is -4.64. The lowest BCUT2D eigenvalue weighted by Gasteiger charge is -2.32. The lowest BCUT2D eigenvalue weighted by atomic mass is 10.0. The summed E-state index contributed by atoms with van der Waals surface area (Å²) in [6.07, 6.45) is -0.540. The zero-order valence-corrected chi connectivity index (χ0v) is 18.6. The first kappa shape index (κ1) is 29.9. The minimum atomic E-state index is -1.87. The molecule has 0 aliphatic carbocycles. The van der Waals surface area contributed by atoms with Gasteiger partial charge in [0.1, 0.15) is 6.04 Å². The number of hydrogen-bond acceptors (Lipinski definition) is 8. The van der Waals surface area contributed by atoms with Crippen LogP contribution in [0, 0.1) is 0 Å². The average molecular weight is 475 g/mol. The van der Waals surface area contributed by atoms with E-state index < -0.39 is 79.5 Å². The Kier molecular flexibility index (Phi) is 14.2. The van der Waals surface area contributed by atoms with E-state index >= 15 is 0 Å². The van der Waals surface area contributed by atoms with Crippen LogP contribution in [-0.2, 0) is 28.8 Å². The van der Waals surface area contributed by atoms with Crippen molar-refractivity contribution in [1.82, 2.24) is 10.2 Å². The van der Waals surface area contributed by atoms with Gasteiger partial charge in [-0.2, -0.15) is 0 Å². The number of amides is 2. The number of imide groups is 1. The Balaban J connectivity index is 5.99. The molecule has 0 bridgehead atoms. The van der Waals surface area contributed by atoms with Gasteiger partial charge in [0.25, 0.3) is 0 Å². The number of nitrogens with two attached hydrogens (primary N) is 1. The van der Waals surface area contributed by atoms with Crippen LogP contribution < -0.4 is 11.1 Å². The van der Waals surface area contributed by atoms with E-state index in [2.05, 4.69) is 5.32 Å². The van der Waals surface area contributed by atoms with Crippen LogP contribution >= 0.6 is 0 Å². The van der Waals surface area contributed by atoms with E-state index in [0.29, 0.717) is 17.9 Å². The van der Waals surface area contributed by atoms with Crippen molar-refractivity contribution in [3.8, 4) is 0 Å². The van der Waals surface area contributed by atoms with E-state index in [9.17, 15) is 33.9 Å². The average Bonchev–Trinajstić information content (AvgIpc) is 2.72. The highest BCUT2D eigenvalue weighted by molar-refractivity contribution is 6.03. The maximum absolute atomic E-state index is 13.3. The molecule has 0 saturated carbocycles. The Hall–Kier alpha value is -3.06. The molecule has 13 nitrogen and oxygen atoms in total. The first-order valence-corrected chi connectivity index (χ1v) is 10.7. The monoisotopic (exact) mass is 475 g/mol. The Morgan fingerprint density at radius 2 is 1.30 bits per heavy atom. The van der Waals surface area contributed by atoms with Gasteiger partial charge in [0.05, 0.1) is 12.1 Å². The number of rotatable bonds is 18. The van der Waals surface area contributed by atoms with Gasteiger partial charge in [-0.05, 0) is 32.2 Å². The molecule has 3 atom stereocenters. The summed E-state index contributed by atoms with van der Waals surface area (Å²) in [4.78, 5) is 71.2. The van der Waals surface area contributed by atoms with Crippen LogP contribution in [0.3, 0.4) is 0 Å². The molecule has 0 aromatic carbocycles. The summed E-state index contributed by atoms with van der Waals surface area (Å²) >= 11 is 0. The van der Waals surface area contributed by atoms with Gasteiger partial charge in [0.15, 0.2) is 0 Å². The zero-order chi connectivity index (χ0) is 25.6. The van der Waals surface area contributed by atoms with Gasteiger partial charge >= 0.3 is 23.9 Å². The molecule has 2 amide bonds. The van der Waals surface area contributed by atoms with Gasteiger partial charge in [-0.25, -0.2) is 4.79 Å². The van der Waals surface area contributed by atoms with Crippen LogP contribution in [0.1, 0.15) is 64.7 Å². The standard InChI is InChI=1S/C20H33N3O10/c1-2-3-4-11-22-13(6-9-16(26)27)19(31)23(14(20(32)33)7-10-17(28)29)18(30)12(21)5-8-15(24)25/h12-14,22H,2-11,21H2,1H3,(H,24,25)(H,26,27)(H,28,29)(H,32,33). The Labute approximate surface area is 190 Å². The lowest BCUT2D eigenvalue weighted by molar-refractivity contribution is -0.161. The van der Waals surface area contributed by atoms with Gasteiger partial charge in [0.2, 0.25) is 11.8 Å². The zero-order valence-electron chi connectivity index (χ0n) is 18.6. The summed E-state index contributed by atoms with van der Waals surface area (Å²) in [7, 11) is 0. The third kappa shape index (κ3) is 11.9. The highest BCUT2D eigenvalue weighted by Gasteiger charge is 2.40. The lowest BCUT2D eigenvalue weighted by Crippen LogP contribution is -2.59. The van der Waals surface area contributed by atoms with Gasteiger partial charge in [-0.3, -0.25) is 28.9 Å². The number of unbranched alkanes of at least 4 members (excludes halogenated alkanes) is 2. The first-order valence-electron chi connectivity index (χ1n) is 10.7. The van der Waals surface area contributed by atoms with E-state index in [0.717, 1.165) is 12.8 Å². The van der Waals surface area contributed by atoms with Crippen molar-refractivity contribution in [2.75, 3.05) is 6.54 Å². The fraction of sp³-hybridized carbons (Fsp3) is 0.700. The molecule has 0 aliphatic heterocycles. The van der Waals surface area contributed by atoms with Crippen molar-refractivity contribution in [2.45, 2.75) is 82.8 Å². The molecular weight excluding hydrogens is 442 g/mol. The molecule has 0 fully saturated rings. The molecule has 188 valence electrons. The number of nitrogens with one attached hydrogen (secondary N) is 1. The number of hydrogen-bond donors (Lipinski definition) is 6. The summed E-state index contributed by atoms with van der Waals surface area (Å²) in [5.41, 5.74) is 5.73. The number of nitrogens with zero attached hydrogens (tertiary/aromatic N) is 1. The summed E-state index contributed by atoms with van der Waals surface area (Å²) < 4.78 is 0. The van der Waals surface area contributed by atoms with E-state index in [1.165, 1.54) is 0 Å². The van der Waals surface area contributed by atoms with Crippen molar-refractivity contribution < 1.29 is 49.2 Å². The minimum absolute atomic E-state index is 0.250. The van der Waals surface area contributed by atoms with Gasteiger partial charge < -0.3 is 31.5 Å². The fourth-order valence-electron chi connectivity index (χ4n) is 3.02. The molecule has 3 unspecified atom stereocenters.